The van der Waals surface area contributed by atoms with Crippen LogP contribution in [0, 0.1) is 16.7 Å². The molecule has 0 radical (unpaired) electrons. The Labute approximate surface area is 161 Å². The summed E-state index contributed by atoms with van der Waals surface area (Å²) < 4.78 is 30.4. The van der Waals surface area contributed by atoms with E-state index in [2.05, 4.69) is 25.1 Å². The van der Waals surface area contributed by atoms with Gasteiger partial charge < -0.3 is 0 Å². The van der Waals surface area contributed by atoms with E-state index in [1.54, 1.807) is 0 Å². The van der Waals surface area contributed by atoms with Crippen LogP contribution in [0.3, 0.4) is 0 Å². The lowest BCUT2D eigenvalue weighted by molar-refractivity contribution is 0.139. The van der Waals surface area contributed by atoms with Crippen LogP contribution in [-0.4, -0.2) is 30.1 Å². The van der Waals surface area contributed by atoms with Gasteiger partial charge in [0.1, 0.15) is 0 Å². The molecule has 0 amide bonds. The normalized spacial score (nSPS) is 38.9. The average molecular weight is 382 g/mol. The van der Waals surface area contributed by atoms with Crippen molar-refractivity contribution in [3.63, 3.8) is 0 Å². The molecule has 0 heterocycles. The summed E-state index contributed by atoms with van der Waals surface area (Å²) in [5.74, 6) is 0.590. The molecule has 0 spiro atoms. The standard InChI is InChI=1S/C22H39NO2S/c1-21(2)17-14-15-22(21,3)20(16-17)26(24,25)23(18-10-6-4-7-11-18)19-12-8-5-9-13-19/h17-20H,4-16H2,1-3H3. The lowest BCUT2D eigenvalue weighted by atomic mass is 9.71. The van der Waals surface area contributed by atoms with E-state index in [-0.39, 0.29) is 28.2 Å². The predicted molar refractivity (Wildman–Crippen MR) is 108 cm³/mol. The molecule has 0 aromatic rings. The van der Waals surface area contributed by atoms with Crippen LogP contribution in [0.25, 0.3) is 0 Å². The first-order chi connectivity index (χ1) is 12.3. The minimum absolute atomic E-state index is 0.0436. The molecule has 0 aromatic heterocycles. The van der Waals surface area contributed by atoms with Crippen LogP contribution in [0.1, 0.15) is 104 Å². The van der Waals surface area contributed by atoms with Crippen molar-refractivity contribution in [1.82, 2.24) is 4.31 Å². The number of sulfonamides is 1. The lowest BCUT2D eigenvalue weighted by Crippen LogP contribution is -2.55. The average Bonchev–Trinajstić information content (AvgIpc) is 2.97. The number of hydrogen-bond acceptors (Lipinski definition) is 2. The van der Waals surface area contributed by atoms with Crippen LogP contribution >= 0.6 is 0 Å². The highest BCUT2D eigenvalue weighted by Gasteiger charge is 2.66. The summed E-state index contributed by atoms with van der Waals surface area (Å²) in [4.78, 5) is 0. The predicted octanol–water partition coefficient (Wildman–Crippen LogP) is 5.50. The van der Waals surface area contributed by atoms with Crippen molar-refractivity contribution in [2.75, 3.05) is 0 Å². The minimum Gasteiger partial charge on any atom is -0.212 e. The van der Waals surface area contributed by atoms with Gasteiger partial charge in [0.2, 0.25) is 10.0 Å². The van der Waals surface area contributed by atoms with Gasteiger partial charge in [0, 0.05) is 12.1 Å². The minimum atomic E-state index is -3.23. The molecule has 0 saturated heterocycles. The van der Waals surface area contributed by atoms with Crippen LogP contribution in [0.4, 0.5) is 0 Å². The summed E-state index contributed by atoms with van der Waals surface area (Å²) in [6.45, 7) is 6.97. The molecule has 0 aliphatic heterocycles. The van der Waals surface area contributed by atoms with E-state index in [1.807, 2.05) is 0 Å². The van der Waals surface area contributed by atoms with Crippen molar-refractivity contribution >= 4 is 10.0 Å². The highest BCUT2D eigenvalue weighted by Crippen LogP contribution is 2.67. The Kier molecular flexibility index (Phi) is 5.00. The summed E-state index contributed by atoms with van der Waals surface area (Å²) in [6.07, 6.45) is 15.0. The summed E-state index contributed by atoms with van der Waals surface area (Å²) in [6, 6.07) is 0.561. The van der Waals surface area contributed by atoms with Gasteiger partial charge in [0.15, 0.2) is 0 Å². The monoisotopic (exact) mass is 381 g/mol. The highest BCUT2D eigenvalue weighted by molar-refractivity contribution is 7.89. The fourth-order valence-electron chi connectivity index (χ4n) is 7.11. The van der Waals surface area contributed by atoms with Crippen LogP contribution < -0.4 is 0 Å². The third-order valence-electron chi connectivity index (χ3n) is 9.24. The molecule has 150 valence electrons. The topological polar surface area (TPSA) is 37.4 Å². The van der Waals surface area contributed by atoms with E-state index in [9.17, 15) is 8.42 Å². The first-order valence-electron chi connectivity index (χ1n) is 11.3. The molecule has 3 atom stereocenters. The Morgan fingerprint density at radius 1 is 0.769 bits per heavy atom. The Hall–Kier alpha value is -0.0900. The number of fused-ring (bicyclic) bond motifs is 2. The second-order valence-corrected chi connectivity index (χ2v) is 12.6. The molecule has 3 nitrogen and oxygen atoms in total. The first-order valence-corrected chi connectivity index (χ1v) is 12.8. The highest BCUT2D eigenvalue weighted by atomic mass is 32.2. The van der Waals surface area contributed by atoms with Gasteiger partial charge in [-0.1, -0.05) is 59.3 Å². The first kappa shape index (κ1) is 19.2. The van der Waals surface area contributed by atoms with Gasteiger partial charge in [-0.25, -0.2) is 8.42 Å². The van der Waals surface area contributed by atoms with Crippen molar-refractivity contribution in [2.45, 2.75) is 122 Å². The summed E-state index contributed by atoms with van der Waals surface area (Å²) in [7, 11) is -3.23. The fourth-order valence-corrected chi connectivity index (χ4v) is 10.2. The van der Waals surface area contributed by atoms with Crippen LogP contribution in [0.15, 0.2) is 0 Å². The molecule has 2 bridgehead atoms. The molecule has 3 unspecified atom stereocenters. The third-order valence-corrected chi connectivity index (χ3v) is 11.9. The van der Waals surface area contributed by atoms with Gasteiger partial charge >= 0.3 is 0 Å². The van der Waals surface area contributed by atoms with Crippen molar-refractivity contribution < 1.29 is 8.42 Å². The summed E-state index contributed by atoms with van der Waals surface area (Å²) in [5, 5.41) is -0.146. The molecule has 4 heteroatoms. The maximum absolute atomic E-state index is 14.1. The summed E-state index contributed by atoms with van der Waals surface area (Å²) in [5.41, 5.74) is 0.119. The number of rotatable bonds is 4. The van der Waals surface area contributed by atoms with E-state index in [0.29, 0.717) is 5.92 Å². The van der Waals surface area contributed by atoms with E-state index in [1.165, 1.54) is 44.9 Å². The van der Waals surface area contributed by atoms with E-state index < -0.39 is 10.0 Å². The van der Waals surface area contributed by atoms with Gasteiger partial charge in [-0.3, -0.25) is 0 Å². The molecule has 26 heavy (non-hydrogen) atoms. The van der Waals surface area contributed by atoms with Crippen molar-refractivity contribution in [2.24, 2.45) is 16.7 Å². The molecule has 4 fully saturated rings. The van der Waals surface area contributed by atoms with Gasteiger partial charge in [0.05, 0.1) is 5.25 Å². The quantitative estimate of drug-likeness (QED) is 0.645. The molecular weight excluding hydrogens is 342 g/mol. The van der Waals surface area contributed by atoms with Gasteiger partial charge in [-0.2, -0.15) is 4.31 Å². The van der Waals surface area contributed by atoms with Gasteiger partial charge in [-0.15, -0.1) is 0 Å². The van der Waals surface area contributed by atoms with E-state index in [4.69, 9.17) is 0 Å². The van der Waals surface area contributed by atoms with Crippen LogP contribution in [0.2, 0.25) is 0 Å². The van der Waals surface area contributed by atoms with Crippen molar-refractivity contribution in [3.05, 3.63) is 0 Å². The number of nitrogens with zero attached hydrogens (tertiary/aromatic N) is 1. The molecule has 0 aromatic carbocycles. The second-order valence-electron chi connectivity index (χ2n) is 10.6. The Balaban J connectivity index is 1.68. The van der Waals surface area contributed by atoms with Crippen molar-refractivity contribution in [3.8, 4) is 0 Å². The zero-order valence-corrected chi connectivity index (χ0v) is 18.0. The van der Waals surface area contributed by atoms with Crippen molar-refractivity contribution in [1.29, 1.82) is 0 Å². The van der Waals surface area contributed by atoms with E-state index >= 15 is 0 Å². The van der Waals surface area contributed by atoms with Gasteiger partial charge in [0.25, 0.3) is 0 Å². The molecule has 0 N–H and O–H groups in total. The van der Waals surface area contributed by atoms with Crippen LogP contribution in [-0.2, 0) is 10.0 Å². The van der Waals surface area contributed by atoms with Crippen LogP contribution in [0.5, 0.6) is 0 Å². The third kappa shape index (κ3) is 2.80. The van der Waals surface area contributed by atoms with Gasteiger partial charge in [-0.05, 0) is 61.7 Å². The molecule has 4 aliphatic rings. The number of hydrogen-bond donors (Lipinski definition) is 0. The Morgan fingerprint density at radius 2 is 1.27 bits per heavy atom. The maximum atomic E-state index is 14.1. The molecular formula is C22H39NO2S. The Bertz CT molecular complexity index is 598. The second kappa shape index (κ2) is 6.76. The summed E-state index contributed by atoms with van der Waals surface area (Å²) >= 11 is 0. The molecule has 4 aliphatic carbocycles. The maximum Gasteiger partial charge on any atom is 0.218 e. The smallest absolute Gasteiger partial charge is 0.212 e. The zero-order valence-electron chi connectivity index (χ0n) is 17.2. The lowest BCUT2D eigenvalue weighted by Gasteiger charge is -2.46. The molecule has 4 rings (SSSR count). The SMILES string of the molecule is CC1(C)C2CCC1(C)C(S(=O)(=O)N(C1CCCCC1)C1CCCCC1)C2. The largest absolute Gasteiger partial charge is 0.218 e. The fraction of sp³-hybridized carbons (Fsp3) is 1.00. The Morgan fingerprint density at radius 3 is 1.65 bits per heavy atom. The molecule has 4 saturated carbocycles. The van der Waals surface area contributed by atoms with E-state index in [0.717, 1.165) is 38.5 Å². The zero-order chi connectivity index (χ0) is 18.6.